The molecule has 0 saturated heterocycles. The van der Waals surface area contributed by atoms with Crippen molar-refractivity contribution in [3.8, 4) is 0 Å². The van der Waals surface area contributed by atoms with Crippen LogP contribution >= 0.6 is 11.3 Å². The van der Waals surface area contributed by atoms with E-state index in [1.54, 1.807) is 11.3 Å². The standard InChI is InChI=1S/C11H10N2O2S.C9H12.C2H6.H2/c1-5(14)9-12-10(15)8-6-3-2-4-7(6)16-11(8)13-9;1-3-9-6-4-8(2)5-7-9;1-2;/h2-4H2,1H3,(H,12,13,15);4-7H,3H2,1-2H3;1-2H3;1H. The molecule has 5 heteroatoms. The zero-order valence-corrected chi connectivity index (χ0v) is 17.6. The molecule has 2 heterocycles. The van der Waals surface area contributed by atoms with Crippen LogP contribution in [-0.4, -0.2) is 15.8 Å². The lowest BCUT2D eigenvalue weighted by atomic mass is 10.1. The molecule has 3 aromatic rings. The summed E-state index contributed by atoms with van der Waals surface area (Å²) in [5.41, 5.74) is 3.73. The summed E-state index contributed by atoms with van der Waals surface area (Å²) < 4.78 is 0. The summed E-state index contributed by atoms with van der Waals surface area (Å²) in [7, 11) is 0. The van der Waals surface area contributed by atoms with Crippen LogP contribution in [0.2, 0.25) is 0 Å². The maximum Gasteiger partial charge on any atom is 0.260 e. The lowest BCUT2D eigenvalue weighted by Crippen LogP contribution is -2.14. The molecule has 146 valence electrons. The minimum Gasteiger partial charge on any atom is -0.303 e. The van der Waals surface area contributed by atoms with Crippen LogP contribution in [-0.2, 0) is 19.3 Å². The number of hydrogen-bond acceptors (Lipinski definition) is 4. The van der Waals surface area contributed by atoms with Gasteiger partial charge in [0.1, 0.15) is 4.83 Å². The highest BCUT2D eigenvalue weighted by Crippen LogP contribution is 2.34. The number of carbonyl (C=O) groups is 1. The van der Waals surface area contributed by atoms with Gasteiger partial charge in [0, 0.05) is 13.2 Å². The first-order valence-corrected chi connectivity index (χ1v) is 10.4. The predicted molar refractivity (Wildman–Crippen MR) is 116 cm³/mol. The van der Waals surface area contributed by atoms with Crippen molar-refractivity contribution < 1.29 is 6.22 Å². The minimum atomic E-state index is -0.201. The third kappa shape index (κ3) is 4.92. The van der Waals surface area contributed by atoms with Crippen LogP contribution in [0.4, 0.5) is 0 Å². The number of nitrogens with zero attached hydrogens (tertiary/aromatic N) is 1. The molecule has 0 aliphatic heterocycles. The maximum atomic E-state index is 11.9. The van der Waals surface area contributed by atoms with Crippen LogP contribution in [0, 0.1) is 6.92 Å². The van der Waals surface area contributed by atoms with Gasteiger partial charge in [0.25, 0.3) is 5.56 Å². The Bertz CT molecular complexity index is 975. The van der Waals surface area contributed by atoms with Gasteiger partial charge in [0.15, 0.2) is 11.6 Å². The van der Waals surface area contributed by atoms with Crippen molar-refractivity contribution in [3.05, 3.63) is 62.0 Å². The summed E-state index contributed by atoms with van der Waals surface area (Å²) in [4.78, 5) is 31.8. The normalized spacial score (nSPS) is 11.9. The Balaban J connectivity index is 0.000000282. The Hall–Kier alpha value is -2.27. The number of benzene rings is 1. The Morgan fingerprint density at radius 1 is 1.22 bits per heavy atom. The number of aromatic amines is 1. The molecule has 0 amide bonds. The van der Waals surface area contributed by atoms with Gasteiger partial charge in [0.05, 0.1) is 5.39 Å². The van der Waals surface area contributed by atoms with Gasteiger partial charge in [-0.15, -0.1) is 11.3 Å². The second-order valence-electron chi connectivity index (χ2n) is 6.35. The van der Waals surface area contributed by atoms with E-state index in [-0.39, 0.29) is 18.6 Å². The van der Waals surface area contributed by atoms with Gasteiger partial charge in [-0.3, -0.25) is 9.59 Å². The van der Waals surface area contributed by atoms with Gasteiger partial charge in [-0.1, -0.05) is 50.6 Å². The lowest BCUT2D eigenvalue weighted by Gasteiger charge is -1.96. The number of aryl methyl sites for hydroxylation is 4. The molecule has 0 saturated carbocycles. The average Bonchev–Trinajstić information content (AvgIpc) is 3.25. The van der Waals surface area contributed by atoms with Crippen molar-refractivity contribution in [3.63, 3.8) is 0 Å². The van der Waals surface area contributed by atoms with E-state index in [1.807, 2.05) is 13.8 Å². The molecular weight excluding hydrogens is 356 g/mol. The van der Waals surface area contributed by atoms with Crippen molar-refractivity contribution in [2.45, 2.75) is 60.3 Å². The molecule has 0 unspecified atom stereocenters. The fourth-order valence-electron chi connectivity index (χ4n) is 2.99. The van der Waals surface area contributed by atoms with E-state index in [1.165, 1.54) is 22.9 Å². The molecule has 0 radical (unpaired) electrons. The number of aromatic nitrogens is 2. The maximum absolute atomic E-state index is 11.9. The van der Waals surface area contributed by atoms with Crippen molar-refractivity contribution in [2.75, 3.05) is 0 Å². The van der Waals surface area contributed by atoms with E-state index < -0.39 is 0 Å². The second kappa shape index (κ2) is 9.60. The molecule has 1 aliphatic carbocycles. The number of Topliss-reactive ketones (excluding diaryl/α,β-unsaturated/α-hetero) is 1. The molecular formula is C22H30N2O2S. The van der Waals surface area contributed by atoms with Crippen LogP contribution in [0.3, 0.4) is 0 Å². The van der Waals surface area contributed by atoms with Gasteiger partial charge in [-0.05, 0) is 43.7 Å². The average molecular weight is 387 g/mol. The number of H-pyrrole nitrogens is 1. The third-order valence-corrected chi connectivity index (χ3v) is 5.62. The number of carbonyl (C=O) groups excluding carboxylic acids is 1. The molecule has 2 aromatic heterocycles. The molecule has 0 bridgehead atoms. The number of ketones is 1. The number of nitrogens with one attached hydrogen (secondary N) is 1. The first-order valence-electron chi connectivity index (χ1n) is 9.60. The van der Waals surface area contributed by atoms with Crippen LogP contribution in [0.15, 0.2) is 29.1 Å². The second-order valence-corrected chi connectivity index (χ2v) is 7.43. The van der Waals surface area contributed by atoms with E-state index in [0.717, 1.165) is 31.2 Å². The van der Waals surface area contributed by atoms with Gasteiger partial charge in [-0.2, -0.15) is 0 Å². The number of thiophene rings is 1. The van der Waals surface area contributed by atoms with E-state index >= 15 is 0 Å². The summed E-state index contributed by atoms with van der Waals surface area (Å²) in [6.45, 7) is 9.69. The zero-order chi connectivity index (χ0) is 20.0. The van der Waals surface area contributed by atoms with Crippen molar-refractivity contribution in [2.24, 2.45) is 0 Å². The van der Waals surface area contributed by atoms with Crippen molar-refractivity contribution in [1.82, 2.24) is 9.97 Å². The number of rotatable bonds is 2. The van der Waals surface area contributed by atoms with Crippen LogP contribution in [0.1, 0.15) is 67.7 Å². The molecule has 1 aliphatic rings. The van der Waals surface area contributed by atoms with Crippen molar-refractivity contribution in [1.29, 1.82) is 0 Å². The number of fused-ring (bicyclic) bond motifs is 3. The molecule has 0 spiro atoms. The summed E-state index contributed by atoms with van der Waals surface area (Å²) in [5, 5.41) is 0.697. The predicted octanol–water partition coefficient (Wildman–Crippen LogP) is 5.51. The highest BCUT2D eigenvalue weighted by Gasteiger charge is 2.21. The van der Waals surface area contributed by atoms with Gasteiger partial charge < -0.3 is 4.98 Å². The quantitative estimate of drug-likeness (QED) is 0.591. The van der Waals surface area contributed by atoms with Crippen LogP contribution in [0.25, 0.3) is 10.2 Å². The van der Waals surface area contributed by atoms with E-state index in [0.29, 0.717) is 10.2 Å². The Labute approximate surface area is 166 Å². The summed E-state index contributed by atoms with van der Waals surface area (Å²) in [6, 6.07) is 8.66. The Kier molecular flexibility index (Phi) is 7.48. The Morgan fingerprint density at radius 3 is 2.48 bits per heavy atom. The molecule has 27 heavy (non-hydrogen) atoms. The Morgan fingerprint density at radius 2 is 1.89 bits per heavy atom. The topological polar surface area (TPSA) is 62.8 Å². The third-order valence-electron chi connectivity index (χ3n) is 4.44. The van der Waals surface area contributed by atoms with Gasteiger partial charge >= 0.3 is 0 Å². The molecule has 0 fully saturated rings. The molecule has 4 rings (SSSR count). The smallest absolute Gasteiger partial charge is 0.260 e. The van der Waals surface area contributed by atoms with Gasteiger partial charge in [-0.25, -0.2) is 4.98 Å². The SMILES string of the molecule is CC.CC(=O)c1nc2sc3c(c2c(=O)[nH]1)CCC3.CCc1ccc(C)cc1.[HH]. The van der Waals surface area contributed by atoms with Crippen LogP contribution < -0.4 is 5.56 Å². The molecule has 1 N–H and O–H groups in total. The van der Waals surface area contributed by atoms with E-state index in [9.17, 15) is 9.59 Å². The van der Waals surface area contributed by atoms with Crippen LogP contribution in [0.5, 0.6) is 0 Å². The largest absolute Gasteiger partial charge is 0.303 e. The summed E-state index contributed by atoms with van der Waals surface area (Å²) >= 11 is 1.55. The molecule has 4 nitrogen and oxygen atoms in total. The fourth-order valence-corrected chi connectivity index (χ4v) is 4.25. The van der Waals surface area contributed by atoms with Gasteiger partial charge in [0.2, 0.25) is 0 Å². The lowest BCUT2D eigenvalue weighted by molar-refractivity contribution is 0.100. The zero-order valence-electron chi connectivity index (χ0n) is 16.8. The summed E-state index contributed by atoms with van der Waals surface area (Å²) in [6.07, 6.45) is 4.25. The highest BCUT2D eigenvalue weighted by molar-refractivity contribution is 7.18. The van der Waals surface area contributed by atoms with E-state index in [4.69, 9.17) is 0 Å². The first kappa shape index (κ1) is 21.0. The summed E-state index contributed by atoms with van der Waals surface area (Å²) in [5.74, 6) is -0.0371. The number of hydrogen-bond donors (Lipinski definition) is 1. The van der Waals surface area contributed by atoms with Crippen molar-refractivity contribution >= 4 is 27.3 Å². The minimum absolute atomic E-state index is 0. The highest BCUT2D eigenvalue weighted by atomic mass is 32.1. The monoisotopic (exact) mass is 386 g/mol. The van der Waals surface area contributed by atoms with E-state index in [2.05, 4.69) is 48.1 Å². The fraction of sp³-hybridized carbons (Fsp3) is 0.409. The molecule has 1 aromatic carbocycles. The first-order chi connectivity index (χ1) is 13.0. The molecule has 0 atom stereocenters.